The Labute approximate surface area is 154 Å². The summed E-state index contributed by atoms with van der Waals surface area (Å²) in [5.74, 6) is 1.06. The van der Waals surface area contributed by atoms with Crippen molar-refractivity contribution >= 4 is 11.8 Å². The molecule has 2 unspecified atom stereocenters. The highest BCUT2D eigenvalue weighted by molar-refractivity contribution is 5.82. The second-order valence-corrected chi connectivity index (χ2v) is 7.78. The molecule has 1 aromatic carbocycles. The normalized spacial score (nSPS) is 28.4. The fourth-order valence-electron chi connectivity index (χ4n) is 4.45. The number of carbonyl (C=O) groups is 2. The van der Waals surface area contributed by atoms with Crippen LogP contribution in [0.3, 0.4) is 0 Å². The summed E-state index contributed by atoms with van der Waals surface area (Å²) in [6.45, 7) is 4.92. The van der Waals surface area contributed by atoms with E-state index < -0.39 is 5.60 Å². The third-order valence-electron chi connectivity index (χ3n) is 5.79. The fraction of sp³-hybridized carbons (Fsp3) is 0.600. The third-order valence-corrected chi connectivity index (χ3v) is 5.79. The monoisotopic (exact) mass is 357 g/mol. The second-order valence-electron chi connectivity index (χ2n) is 7.78. The summed E-state index contributed by atoms with van der Waals surface area (Å²) in [7, 11) is 0. The first kappa shape index (κ1) is 17.3. The van der Waals surface area contributed by atoms with Gasteiger partial charge in [0.05, 0.1) is 19.1 Å². The first-order valence-electron chi connectivity index (χ1n) is 9.61. The number of piperidine rings is 1. The van der Waals surface area contributed by atoms with Gasteiger partial charge in [0.25, 0.3) is 0 Å². The van der Waals surface area contributed by atoms with Crippen molar-refractivity contribution in [2.45, 2.75) is 50.8 Å². The number of benzene rings is 1. The molecule has 0 aliphatic carbocycles. The van der Waals surface area contributed by atoms with Crippen LogP contribution in [0, 0.1) is 0 Å². The van der Waals surface area contributed by atoms with Gasteiger partial charge in [-0.3, -0.25) is 9.59 Å². The van der Waals surface area contributed by atoms with Crippen LogP contribution in [0.1, 0.15) is 38.2 Å². The largest absolute Gasteiger partial charge is 0.483 e. The highest BCUT2D eigenvalue weighted by atomic mass is 16.5. The SMILES string of the molecule is CC(=O)N1Cc2ccccc2OC2(CCCN(C(=O)C3CCCN3)C2)C1. The summed E-state index contributed by atoms with van der Waals surface area (Å²) in [6, 6.07) is 7.86. The summed E-state index contributed by atoms with van der Waals surface area (Å²) in [6.07, 6.45) is 3.71. The molecule has 1 aromatic rings. The molecule has 2 saturated heterocycles. The van der Waals surface area contributed by atoms with Gasteiger partial charge in [-0.05, 0) is 38.3 Å². The van der Waals surface area contributed by atoms with E-state index in [9.17, 15) is 9.59 Å². The minimum Gasteiger partial charge on any atom is -0.483 e. The van der Waals surface area contributed by atoms with E-state index in [4.69, 9.17) is 4.74 Å². The molecule has 6 nitrogen and oxygen atoms in total. The molecular formula is C20H27N3O3. The second kappa shape index (κ2) is 6.91. The molecule has 0 radical (unpaired) electrons. The maximum Gasteiger partial charge on any atom is 0.239 e. The van der Waals surface area contributed by atoms with Crippen molar-refractivity contribution < 1.29 is 14.3 Å². The number of carbonyl (C=O) groups excluding carboxylic acids is 2. The summed E-state index contributed by atoms with van der Waals surface area (Å²) in [5.41, 5.74) is 0.505. The lowest BCUT2D eigenvalue weighted by atomic mass is 9.91. The summed E-state index contributed by atoms with van der Waals surface area (Å²) < 4.78 is 6.50. The highest BCUT2D eigenvalue weighted by Crippen LogP contribution is 2.35. The van der Waals surface area contributed by atoms with E-state index in [0.717, 1.165) is 50.1 Å². The molecule has 6 heteroatoms. The van der Waals surface area contributed by atoms with Crippen LogP contribution in [0.4, 0.5) is 0 Å². The molecule has 2 amide bonds. The van der Waals surface area contributed by atoms with E-state index in [0.29, 0.717) is 19.6 Å². The van der Waals surface area contributed by atoms with E-state index in [2.05, 4.69) is 5.32 Å². The zero-order chi connectivity index (χ0) is 18.1. The zero-order valence-corrected chi connectivity index (χ0v) is 15.4. The maximum absolute atomic E-state index is 12.9. The lowest BCUT2D eigenvalue weighted by Crippen LogP contribution is -2.60. The maximum atomic E-state index is 12.9. The minimum absolute atomic E-state index is 0.0468. The minimum atomic E-state index is -0.523. The molecule has 26 heavy (non-hydrogen) atoms. The van der Waals surface area contributed by atoms with Gasteiger partial charge >= 0.3 is 0 Å². The van der Waals surface area contributed by atoms with Gasteiger partial charge in [0, 0.05) is 25.6 Å². The van der Waals surface area contributed by atoms with E-state index in [1.165, 1.54) is 0 Å². The molecule has 3 aliphatic heterocycles. The zero-order valence-electron chi connectivity index (χ0n) is 15.4. The van der Waals surface area contributed by atoms with Crippen molar-refractivity contribution in [3.63, 3.8) is 0 Å². The highest BCUT2D eigenvalue weighted by Gasteiger charge is 2.44. The van der Waals surface area contributed by atoms with Crippen LogP contribution in [0.25, 0.3) is 0 Å². The molecule has 3 heterocycles. The molecule has 4 rings (SSSR count). The Hall–Kier alpha value is -2.08. The van der Waals surface area contributed by atoms with Crippen LogP contribution in [-0.2, 0) is 16.1 Å². The van der Waals surface area contributed by atoms with E-state index in [1.807, 2.05) is 34.1 Å². The summed E-state index contributed by atoms with van der Waals surface area (Å²) >= 11 is 0. The van der Waals surface area contributed by atoms with Crippen molar-refractivity contribution in [3.8, 4) is 5.75 Å². The van der Waals surface area contributed by atoms with Crippen LogP contribution in [0.5, 0.6) is 5.75 Å². The molecule has 1 spiro atoms. The number of hydrogen-bond donors (Lipinski definition) is 1. The smallest absolute Gasteiger partial charge is 0.239 e. The number of nitrogens with one attached hydrogen (secondary N) is 1. The van der Waals surface area contributed by atoms with E-state index in [1.54, 1.807) is 6.92 Å². The summed E-state index contributed by atoms with van der Waals surface area (Å²) in [5, 5.41) is 3.30. The van der Waals surface area contributed by atoms with Crippen molar-refractivity contribution in [3.05, 3.63) is 29.8 Å². The first-order chi connectivity index (χ1) is 12.6. The Bertz CT molecular complexity index is 701. The van der Waals surface area contributed by atoms with Crippen LogP contribution in [0.2, 0.25) is 0 Å². The number of nitrogens with zero attached hydrogens (tertiary/aromatic N) is 2. The number of fused-ring (bicyclic) bond motifs is 1. The number of rotatable bonds is 1. The van der Waals surface area contributed by atoms with Gasteiger partial charge < -0.3 is 19.9 Å². The van der Waals surface area contributed by atoms with Gasteiger partial charge in [-0.1, -0.05) is 18.2 Å². The summed E-state index contributed by atoms with van der Waals surface area (Å²) in [4.78, 5) is 28.9. The molecule has 0 bridgehead atoms. The first-order valence-corrected chi connectivity index (χ1v) is 9.61. The lowest BCUT2D eigenvalue weighted by Gasteiger charge is -2.44. The molecule has 2 atom stereocenters. The Morgan fingerprint density at radius 3 is 2.77 bits per heavy atom. The van der Waals surface area contributed by atoms with Gasteiger partial charge in [-0.25, -0.2) is 0 Å². The van der Waals surface area contributed by atoms with Crippen LogP contribution >= 0.6 is 0 Å². The van der Waals surface area contributed by atoms with Crippen molar-refractivity contribution in [1.29, 1.82) is 0 Å². The van der Waals surface area contributed by atoms with Crippen molar-refractivity contribution in [2.24, 2.45) is 0 Å². The number of likely N-dealkylation sites (tertiary alicyclic amines) is 1. The van der Waals surface area contributed by atoms with Gasteiger partial charge in [0.1, 0.15) is 11.4 Å². The van der Waals surface area contributed by atoms with Crippen LogP contribution < -0.4 is 10.1 Å². The Kier molecular flexibility index (Phi) is 4.61. The fourth-order valence-corrected chi connectivity index (χ4v) is 4.45. The number of para-hydroxylation sites is 1. The van der Waals surface area contributed by atoms with Crippen LogP contribution in [-0.4, -0.2) is 59.4 Å². The standard InChI is InChI=1S/C20H27N3O3/c1-15(24)23-12-16-6-2-3-8-18(16)26-20(14-23)9-5-11-22(13-20)19(25)17-7-4-10-21-17/h2-3,6,8,17,21H,4-5,7,9-14H2,1H3. The van der Waals surface area contributed by atoms with Crippen LogP contribution in [0.15, 0.2) is 24.3 Å². The molecule has 140 valence electrons. The predicted octanol–water partition coefficient (Wildman–Crippen LogP) is 1.54. The lowest BCUT2D eigenvalue weighted by molar-refractivity contribution is -0.141. The van der Waals surface area contributed by atoms with Gasteiger partial charge in [0.2, 0.25) is 11.8 Å². The molecule has 0 aromatic heterocycles. The Balaban J connectivity index is 1.60. The van der Waals surface area contributed by atoms with E-state index in [-0.39, 0.29) is 17.9 Å². The quantitative estimate of drug-likeness (QED) is 0.828. The molecular weight excluding hydrogens is 330 g/mol. The van der Waals surface area contributed by atoms with Gasteiger partial charge in [-0.2, -0.15) is 0 Å². The van der Waals surface area contributed by atoms with Crippen molar-refractivity contribution in [1.82, 2.24) is 15.1 Å². The predicted molar refractivity (Wildman–Crippen MR) is 97.7 cm³/mol. The number of ether oxygens (including phenoxy) is 1. The van der Waals surface area contributed by atoms with Crippen molar-refractivity contribution in [2.75, 3.05) is 26.2 Å². The number of hydrogen-bond acceptors (Lipinski definition) is 4. The number of amides is 2. The average Bonchev–Trinajstić information content (AvgIpc) is 3.11. The topological polar surface area (TPSA) is 61.9 Å². The van der Waals surface area contributed by atoms with E-state index >= 15 is 0 Å². The molecule has 0 saturated carbocycles. The average molecular weight is 357 g/mol. The molecule has 3 aliphatic rings. The van der Waals surface area contributed by atoms with Gasteiger partial charge in [-0.15, -0.1) is 0 Å². The third kappa shape index (κ3) is 3.30. The Morgan fingerprint density at radius 2 is 2.00 bits per heavy atom. The molecule has 1 N–H and O–H groups in total. The van der Waals surface area contributed by atoms with Gasteiger partial charge in [0.15, 0.2) is 0 Å². The molecule has 2 fully saturated rings. The Morgan fingerprint density at radius 1 is 1.19 bits per heavy atom.